The molecule has 2 aromatic rings. The van der Waals surface area contributed by atoms with Crippen LogP contribution in [0, 0.1) is 17.8 Å². The van der Waals surface area contributed by atoms with Crippen molar-refractivity contribution in [3.8, 4) is 0 Å². The summed E-state index contributed by atoms with van der Waals surface area (Å²) >= 11 is 0. The van der Waals surface area contributed by atoms with E-state index >= 15 is 0 Å². The van der Waals surface area contributed by atoms with Crippen LogP contribution in [0.15, 0.2) is 18.2 Å². The van der Waals surface area contributed by atoms with Gasteiger partial charge in [-0.3, -0.25) is 9.59 Å². The van der Waals surface area contributed by atoms with E-state index in [0.717, 1.165) is 94.7 Å². The molecule has 7 heteroatoms. The molecule has 202 valence electrons. The lowest BCUT2D eigenvalue weighted by Crippen LogP contribution is -2.45. The third-order valence-corrected chi connectivity index (χ3v) is 8.98. The Morgan fingerprint density at radius 3 is 2.38 bits per heavy atom. The van der Waals surface area contributed by atoms with Gasteiger partial charge in [0.15, 0.2) is 0 Å². The number of aromatic nitrogens is 2. The van der Waals surface area contributed by atoms with Crippen LogP contribution in [0.25, 0.3) is 11.0 Å². The first-order valence-corrected chi connectivity index (χ1v) is 14.8. The van der Waals surface area contributed by atoms with Crippen molar-refractivity contribution in [2.75, 3.05) is 39.3 Å². The SMILES string of the molecule is CC(C)c1nc2c(C(=O)NCC3CCN(CC4CCN(C(=O)C5CCCCC5)CC4)CC3)cccc2[nH]1. The highest BCUT2D eigenvalue weighted by Crippen LogP contribution is 2.28. The maximum atomic E-state index is 13.0. The summed E-state index contributed by atoms with van der Waals surface area (Å²) in [5.74, 6) is 3.16. The van der Waals surface area contributed by atoms with Crippen LogP contribution in [0.3, 0.4) is 0 Å². The number of carbonyl (C=O) groups excluding carboxylic acids is 2. The molecule has 0 unspecified atom stereocenters. The third kappa shape index (κ3) is 6.36. The standard InChI is InChI=1S/C30H45N5O2/c1-21(2)28-32-26-10-6-9-25(27(26)33-28)29(36)31-19-22-11-15-34(16-12-22)20-23-13-17-35(18-14-23)30(37)24-7-4-3-5-8-24/h6,9-10,21-24H,3-5,7-8,11-20H2,1-2H3,(H,31,36)(H,32,33). The van der Waals surface area contributed by atoms with Gasteiger partial charge in [-0.05, 0) is 75.6 Å². The highest BCUT2D eigenvalue weighted by atomic mass is 16.2. The molecule has 3 aliphatic rings. The minimum absolute atomic E-state index is 0.0237. The monoisotopic (exact) mass is 507 g/mol. The summed E-state index contributed by atoms with van der Waals surface area (Å²) in [6.07, 6.45) is 10.5. The number of rotatable bonds is 7. The average molecular weight is 508 g/mol. The molecule has 5 rings (SSSR count). The van der Waals surface area contributed by atoms with Crippen LogP contribution in [-0.2, 0) is 4.79 Å². The first kappa shape index (κ1) is 26.2. The van der Waals surface area contributed by atoms with Crippen LogP contribution in [-0.4, -0.2) is 70.9 Å². The molecule has 37 heavy (non-hydrogen) atoms. The summed E-state index contributed by atoms with van der Waals surface area (Å²) < 4.78 is 0. The van der Waals surface area contributed by atoms with Crippen molar-refractivity contribution >= 4 is 22.8 Å². The molecule has 0 radical (unpaired) electrons. The van der Waals surface area contributed by atoms with E-state index < -0.39 is 0 Å². The lowest BCUT2D eigenvalue weighted by Gasteiger charge is -2.39. The molecule has 1 aromatic carbocycles. The number of aromatic amines is 1. The number of para-hydroxylation sites is 1. The number of amides is 2. The number of hydrogen-bond acceptors (Lipinski definition) is 4. The predicted octanol–water partition coefficient (Wildman–Crippen LogP) is 4.95. The van der Waals surface area contributed by atoms with E-state index in [2.05, 4.69) is 38.9 Å². The second-order valence-corrected chi connectivity index (χ2v) is 12.0. The lowest BCUT2D eigenvalue weighted by molar-refractivity contribution is -0.138. The van der Waals surface area contributed by atoms with E-state index in [-0.39, 0.29) is 5.91 Å². The predicted molar refractivity (Wildman–Crippen MR) is 148 cm³/mol. The highest BCUT2D eigenvalue weighted by molar-refractivity contribution is 6.04. The Labute approximate surface area is 221 Å². The van der Waals surface area contributed by atoms with Gasteiger partial charge in [0.05, 0.1) is 11.1 Å². The quantitative estimate of drug-likeness (QED) is 0.556. The molecule has 3 heterocycles. The number of carbonyl (C=O) groups is 2. The molecule has 0 atom stereocenters. The average Bonchev–Trinajstić information content (AvgIpc) is 3.38. The van der Waals surface area contributed by atoms with Gasteiger partial charge in [-0.15, -0.1) is 0 Å². The summed E-state index contributed by atoms with van der Waals surface area (Å²) in [5, 5.41) is 3.19. The number of benzene rings is 1. The van der Waals surface area contributed by atoms with Crippen molar-refractivity contribution < 1.29 is 9.59 Å². The third-order valence-electron chi connectivity index (χ3n) is 8.98. The fourth-order valence-corrected chi connectivity index (χ4v) is 6.52. The number of H-pyrrole nitrogens is 1. The summed E-state index contributed by atoms with van der Waals surface area (Å²) in [6.45, 7) is 10.2. The molecule has 0 spiro atoms. The van der Waals surface area contributed by atoms with E-state index in [1.54, 1.807) is 0 Å². The number of likely N-dealkylation sites (tertiary alicyclic amines) is 2. The second-order valence-electron chi connectivity index (χ2n) is 12.0. The Hall–Kier alpha value is -2.41. The van der Waals surface area contributed by atoms with E-state index in [1.165, 1.54) is 19.3 Å². The van der Waals surface area contributed by atoms with Gasteiger partial charge in [0.1, 0.15) is 11.3 Å². The molecule has 2 aliphatic heterocycles. The van der Waals surface area contributed by atoms with Crippen LogP contribution < -0.4 is 5.32 Å². The molecule has 7 nitrogen and oxygen atoms in total. The van der Waals surface area contributed by atoms with E-state index in [9.17, 15) is 9.59 Å². The molecular weight excluding hydrogens is 462 g/mol. The first-order chi connectivity index (χ1) is 18.0. The smallest absolute Gasteiger partial charge is 0.253 e. The molecule has 2 amide bonds. The molecule has 2 saturated heterocycles. The maximum absolute atomic E-state index is 13.0. The zero-order valence-corrected chi connectivity index (χ0v) is 22.8. The highest BCUT2D eigenvalue weighted by Gasteiger charge is 2.30. The summed E-state index contributed by atoms with van der Waals surface area (Å²) in [6, 6.07) is 5.78. The van der Waals surface area contributed by atoms with Gasteiger partial charge in [0.2, 0.25) is 5.91 Å². The normalized spacial score (nSPS) is 21.1. The van der Waals surface area contributed by atoms with Crippen molar-refractivity contribution in [2.45, 2.75) is 77.6 Å². The Morgan fingerprint density at radius 2 is 1.68 bits per heavy atom. The van der Waals surface area contributed by atoms with Crippen molar-refractivity contribution in [1.82, 2.24) is 25.1 Å². The lowest BCUT2D eigenvalue weighted by atomic mass is 9.87. The van der Waals surface area contributed by atoms with E-state index in [4.69, 9.17) is 0 Å². The Kier molecular flexibility index (Phi) is 8.48. The van der Waals surface area contributed by atoms with Crippen LogP contribution in [0.1, 0.15) is 93.7 Å². The van der Waals surface area contributed by atoms with Crippen LogP contribution >= 0.6 is 0 Å². The van der Waals surface area contributed by atoms with Gasteiger partial charge in [0, 0.05) is 38.0 Å². The van der Waals surface area contributed by atoms with Gasteiger partial charge in [-0.2, -0.15) is 0 Å². The van der Waals surface area contributed by atoms with Gasteiger partial charge >= 0.3 is 0 Å². The van der Waals surface area contributed by atoms with E-state index in [0.29, 0.717) is 35.1 Å². The van der Waals surface area contributed by atoms with Crippen molar-refractivity contribution in [2.24, 2.45) is 17.8 Å². The number of hydrogen-bond donors (Lipinski definition) is 2. The largest absolute Gasteiger partial charge is 0.352 e. The Bertz CT molecular complexity index is 1060. The topological polar surface area (TPSA) is 81.3 Å². The fourth-order valence-electron chi connectivity index (χ4n) is 6.52. The van der Waals surface area contributed by atoms with Crippen molar-refractivity contribution in [3.05, 3.63) is 29.6 Å². The number of fused-ring (bicyclic) bond motifs is 1. The molecule has 0 bridgehead atoms. The summed E-state index contributed by atoms with van der Waals surface area (Å²) in [5.41, 5.74) is 2.35. The van der Waals surface area contributed by atoms with Gasteiger partial charge in [-0.25, -0.2) is 4.98 Å². The number of nitrogens with zero attached hydrogens (tertiary/aromatic N) is 3. The first-order valence-electron chi connectivity index (χ1n) is 14.8. The molecule has 1 saturated carbocycles. The maximum Gasteiger partial charge on any atom is 0.253 e. The molecule has 3 fully saturated rings. The minimum atomic E-state index is -0.0237. The second kappa shape index (κ2) is 12.0. The van der Waals surface area contributed by atoms with Crippen LogP contribution in [0.5, 0.6) is 0 Å². The van der Waals surface area contributed by atoms with Gasteiger partial charge in [-0.1, -0.05) is 39.2 Å². The number of imidazole rings is 1. The molecule has 1 aliphatic carbocycles. The Balaban J connectivity index is 1.03. The summed E-state index contributed by atoms with van der Waals surface area (Å²) in [4.78, 5) is 38.6. The van der Waals surface area contributed by atoms with Gasteiger partial charge < -0.3 is 20.1 Å². The molecule has 2 N–H and O–H groups in total. The summed E-state index contributed by atoms with van der Waals surface area (Å²) in [7, 11) is 0. The minimum Gasteiger partial charge on any atom is -0.352 e. The Morgan fingerprint density at radius 1 is 0.973 bits per heavy atom. The number of piperidine rings is 2. The molecular formula is C30H45N5O2. The molecule has 1 aromatic heterocycles. The van der Waals surface area contributed by atoms with Crippen LogP contribution in [0.4, 0.5) is 0 Å². The number of nitrogens with one attached hydrogen (secondary N) is 2. The van der Waals surface area contributed by atoms with Crippen molar-refractivity contribution in [1.29, 1.82) is 0 Å². The zero-order valence-electron chi connectivity index (χ0n) is 22.8. The van der Waals surface area contributed by atoms with E-state index in [1.807, 2.05) is 18.2 Å². The van der Waals surface area contributed by atoms with Gasteiger partial charge in [0.25, 0.3) is 5.91 Å². The van der Waals surface area contributed by atoms with Crippen molar-refractivity contribution in [3.63, 3.8) is 0 Å². The fraction of sp³-hybridized carbons (Fsp3) is 0.700. The zero-order chi connectivity index (χ0) is 25.8. The van der Waals surface area contributed by atoms with Crippen LogP contribution in [0.2, 0.25) is 0 Å².